The molecule has 0 aromatic heterocycles. The molecule has 0 fully saturated rings. The lowest BCUT2D eigenvalue weighted by molar-refractivity contribution is -0.128. The topological polar surface area (TPSA) is 82.0 Å². The van der Waals surface area contributed by atoms with E-state index in [1.165, 1.54) is 5.01 Å². The number of nitrogens with one attached hydrogen (secondary N) is 1. The second-order valence-corrected chi connectivity index (χ2v) is 5.65. The average Bonchev–Trinajstić information content (AvgIpc) is 2.54. The molecule has 0 unspecified atom stereocenters. The summed E-state index contributed by atoms with van der Waals surface area (Å²) < 4.78 is 0. The molecule has 0 aromatic rings. The second kappa shape index (κ2) is 5.84. The summed E-state index contributed by atoms with van der Waals surface area (Å²) in [5, 5.41) is 16.4. The minimum atomic E-state index is -1.05. The molecule has 0 atom stereocenters. The van der Waals surface area contributed by atoms with Crippen LogP contribution in [0.2, 0.25) is 0 Å². The number of hydrogen-bond donors (Lipinski definition) is 2. The minimum absolute atomic E-state index is 0.00424. The van der Waals surface area contributed by atoms with Gasteiger partial charge in [0.2, 0.25) is 5.91 Å². The highest BCUT2D eigenvalue weighted by molar-refractivity contribution is 6.05. The molecule has 2 N–H and O–H groups in total. The lowest BCUT2D eigenvalue weighted by Crippen LogP contribution is -2.25. The molecule has 6 nitrogen and oxygen atoms in total. The van der Waals surface area contributed by atoms with Gasteiger partial charge < -0.3 is 10.4 Å². The summed E-state index contributed by atoms with van der Waals surface area (Å²) in [6, 6.07) is 0. The number of nitrogens with zero attached hydrogens (tertiary/aromatic N) is 2. The summed E-state index contributed by atoms with van der Waals surface area (Å²) in [7, 11) is 0. The summed E-state index contributed by atoms with van der Waals surface area (Å²) in [6.07, 6.45) is 0.641. The standard InChI is InChI=1S/C12H21N3O3/c1-12(2,3)5-7-15-10(16)8-9(14-15)4-6-13-11(17)18/h13H,4-8H2,1-3H3,(H,17,18). The molecule has 6 heteroatoms. The van der Waals surface area contributed by atoms with Crippen LogP contribution in [0, 0.1) is 5.41 Å². The smallest absolute Gasteiger partial charge is 0.404 e. The van der Waals surface area contributed by atoms with E-state index in [1.807, 2.05) is 0 Å². The van der Waals surface area contributed by atoms with Crippen molar-refractivity contribution in [3.05, 3.63) is 0 Å². The molecule has 102 valence electrons. The van der Waals surface area contributed by atoms with Gasteiger partial charge in [0.1, 0.15) is 0 Å². The third-order valence-electron chi connectivity index (χ3n) is 2.67. The Balaban J connectivity index is 2.39. The van der Waals surface area contributed by atoms with Crippen LogP contribution < -0.4 is 5.32 Å². The van der Waals surface area contributed by atoms with Crippen molar-refractivity contribution in [2.24, 2.45) is 10.5 Å². The van der Waals surface area contributed by atoms with Crippen LogP contribution >= 0.6 is 0 Å². The van der Waals surface area contributed by atoms with Crippen molar-refractivity contribution >= 4 is 17.7 Å². The zero-order valence-corrected chi connectivity index (χ0v) is 11.2. The van der Waals surface area contributed by atoms with Gasteiger partial charge in [-0.25, -0.2) is 9.80 Å². The van der Waals surface area contributed by atoms with Crippen molar-refractivity contribution in [2.45, 2.75) is 40.0 Å². The Labute approximate surface area is 107 Å². The van der Waals surface area contributed by atoms with Crippen molar-refractivity contribution in [3.8, 4) is 0 Å². The number of carbonyl (C=O) groups excluding carboxylic acids is 1. The summed E-state index contributed by atoms with van der Waals surface area (Å²) in [5.74, 6) is 0.00424. The fourth-order valence-corrected chi connectivity index (χ4v) is 1.60. The fraction of sp³-hybridized carbons (Fsp3) is 0.750. The van der Waals surface area contributed by atoms with Gasteiger partial charge in [-0.1, -0.05) is 20.8 Å². The molecular formula is C12H21N3O3. The highest BCUT2D eigenvalue weighted by Crippen LogP contribution is 2.20. The van der Waals surface area contributed by atoms with Crippen LogP contribution in [0.25, 0.3) is 0 Å². The molecule has 0 spiro atoms. The van der Waals surface area contributed by atoms with Gasteiger partial charge in [0.25, 0.3) is 0 Å². The Morgan fingerprint density at radius 1 is 1.50 bits per heavy atom. The summed E-state index contributed by atoms with van der Waals surface area (Å²) in [6.45, 7) is 7.28. The minimum Gasteiger partial charge on any atom is -0.465 e. The Morgan fingerprint density at radius 3 is 2.72 bits per heavy atom. The van der Waals surface area contributed by atoms with Gasteiger partial charge in [-0.05, 0) is 11.8 Å². The number of amides is 2. The van der Waals surface area contributed by atoms with Crippen molar-refractivity contribution < 1.29 is 14.7 Å². The molecule has 0 aromatic carbocycles. The number of carboxylic acid groups (broad SMARTS) is 1. The Kier molecular flexibility index (Phi) is 4.69. The SMILES string of the molecule is CC(C)(C)CCN1N=C(CCNC(=O)O)CC1=O. The molecule has 1 aliphatic rings. The van der Waals surface area contributed by atoms with E-state index in [9.17, 15) is 9.59 Å². The number of rotatable bonds is 5. The highest BCUT2D eigenvalue weighted by Gasteiger charge is 2.24. The van der Waals surface area contributed by atoms with E-state index < -0.39 is 6.09 Å². The predicted molar refractivity (Wildman–Crippen MR) is 68.5 cm³/mol. The summed E-state index contributed by atoms with van der Waals surface area (Å²) in [4.78, 5) is 22.0. The van der Waals surface area contributed by atoms with E-state index in [1.54, 1.807) is 0 Å². The molecule has 0 radical (unpaired) electrons. The molecular weight excluding hydrogens is 234 g/mol. The molecule has 1 aliphatic heterocycles. The van der Waals surface area contributed by atoms with Crippen LogP contribution in [0.3, 0.4) is 0 Å². The second-order valence-electron chi connectivity index (χ2n) is 5.65. The first kappa shape index (κ1) is 14.5. The first-order chi connectivity index (χ1) is 8.28. The molecule has 0 bridgehead atoms. The third kappa shape index (κ3) is 5.16. The molecule has 0 saturated carbocycles. The monoisotopic (exact) mass is 255 g/mol. The largest absolute Gasteiger partial charge is 0.465 e. The van der Waals surface area contributed by atoms with Crippen LogP contribution in [0.1, 0.15) is 40.0 Å². The molecule has 18 heavy (non-hydrogen) atoms. The van der Waals surface area contributed by atoms with Gasteiger partial charge in [-0.15, -0.1) is 0 Å². The average molecular weight is 255 g/mol. The van der Waals surface area contributed by atoms with E-state index in [4.69, 9.17) is 5.11 Å². The quantitative estimate of drug-likeness (QED) is 0.784. The van der Waals surface area contributed by atoms with E-state index in [2.05, 4.69) is 31.2 Å². The normalized spacial score (nSPS) is 15.8. The Bertz CT molecular complexity index is 358. The zero-order chi connectivity index (χ0) is 13.8. The number of hydrogen-bond acceptors (Lipinski definition) is 3. The van der Waals surface area contributed by atoms with Gasteiger partial charge in [0.05, 0.1) is 6.42 Å². The lowest BCUT2D eigenvalue weighted by atomic mass is 9.92. The summed E-state index contributed by atoms with van der Waals surface area (Å²) in [5.41, 5.74) is 0.923. The Morgan fingerprint density at radius 2 is 2.17 bits per heavy atom. The highest BCUT2D eigenvalue weighted by atomic mass is 16.4. The maximum absolute atomic E-state index is 11.7. The zero-order valence-electron chi connectivity index (χ0n) is 11.2. The van der Waals surface area contributed by atoms with Crippen molar-refractivity contribution in [1.82, 2.24) is 10.3 Å². The Hall–Kier alpha value is -1.59. The maximum Gasteiger partial charge on any atom is 0.404 e. The van der Waals surface area contributed by atoms with Crippen LogP contribution in [-0.4, -0.2) is 40.9 Å². The first-order valence-electron chi connectivity index (χ1n) is 6.11. The van der Waals surface area contributed by atoms with E-state index in [-0.39, 0.29) is 11.3 Å². The van der Waals surface area contributed by atoms with Gasteiger partial charge in [0, 0.05) is 25.2 Å². The number of carbonyl (C=O) groups is 2. The van der Waals surface area contributed by atoms with E-state index in [0.717, 1.165) is 12.1 Å². The molecule has 2 amide bonds. The molecule has 1 rings (SSSR count). The van der Waals surface area contributed by atoms with Gasteiger partial charge >= 0.3 is 6.09 Å². The van der Waals surface area contributed by atoms with Crippen LogP contribution in [0.4, 0.5) is 4.79 Å². The van der Waals surface area contributed by atoms with Gasteiger partial charge in [-0.2, -0.15) is 5.10 Å². The van der Waals surface area contributed by atoms with Gasteiger partial charge in [0.15, 0.2) is 0 Å². The number of hydrazone groups is 1. The first-order valence-corrected chi connectivity index (χ1v) is 6.11. The van der Waals surface area contributed by atoms with E-state index >= 15 is 0 Å². The van der Waals surface area contributed by atoms with E-state index in [0.29, 0.717) is 25.9 Å². The maximum atomic E-state index is 11.7. The molecule has 1 heterocycles. The third-order valence-corrected chi connectivity index (χ3v) is 2.67. The van der Waals surface area contributed by atoms with Crippen LogP contribution in [0.15, 0.2) is 5.10 Å². The van der Waals surface area contributed by atoms with Crippen molar-refractivity contribution in [1.29, 1.82) is 0 Å². The van der Waals surface area contributed by atoms with Crippen LogP contribution in [-0.2, 0) is 4.79 Å². The summed E-state index contributed by atoms with van der Waals surface area (Å²) >= 11 is 0. The lowest BCUT2D eigenvalue weighted by Gasteiger charge is -2.20. The van der Waals surface area contributed by atoms with Crippen molar-refractivity contribution in [3.63, 3.8) is 0 Å². The predicted octanol–water partition coefficient (Wildman–Crippen LogP) is 1.67. The van der Waals surface area contributed by atoms with Crippen LogP contribution in [0.5, 0.6) is 0 Å². The fourth-order valence-electron chi connectivity index (χ4n) is 1.60. The van der Waals surface area contributed by atoms with Crippen molar-refractivity contribution in [2.75, 3.05) is 13.1 Å². The molecule has 0 saturated heterocycles. The van der Waals surface area contributed by atoms with Gasteiger partial charge in [-0.3, -0.25) is 4.79 Å². The molecule has 0 aliphatic carbocycles.